The molecule has 44 heavy (non-hydrogen) atoms. The number of thiophene rings is 1. The molecule has 0 bridgehead atoms. The van der Waals surface area contributed by atoms with E-state index >= 15 is 0 Å². The third kappa shape index (κ3) is 5.58. The number of fused-ring (bicyclic) bond motifs is 1. The molecule has 2 aromatic heterocycles. The summed E-state index contributed by atoms with van der Waals surface area (Å²) in [5.74, 6) is 0.502. The Morgan fingerprint density at radius 1 is 0.841 bits per heavy atom. The quantitative estimate of drug-likeness (QED) is 0.113. The average Bonchev–Trinajstić information content (AvgIpc) is 3.71. The first-order chi connectivity index (χ1) is 21.4. The maximum Gasteiger partial charge on any atom is 0.346 e. The van der Waals surface area contributed by atoms with Crippen LogP contribution in [0.5, 0.6) is 0 Å². The van der Waals surface area contributed by atoms with Crippen molar-refractivity contribution in [1.82, 2.24) is 9.55 Å². The van der Waals surface area contributed by atoms with Crippen molar-refractivity contribution in [3.8, 4) is 33.6 Å². The van der Waals surface area contributed by atoms with Gasteiger partial charge in [0.25, 0.3) is 0 Å². The SMILES string of the molecule is CC(=C(\C#N)C(=O)O)/C(C)=C(\C)C1=CC=C(c2ccc(-c3ccc(-c4nc5ccccc5n4-c4ccccc4)cc3)s2)SC1. The molecule has 0 amide bonds. The van der Waals surface area contributed by atoms with Gasteiger partial charge in [0.2, 0.25) is 0 Å². The summed E-state index contributed by atoms with van der Waals surface area (Å²) in [7, 11) is 0. The van der Waals surface area contributed by atoms with E-state index in [4.69, 9.17) is 4.98 Å². The van der Waals surface area contributed by atoms with Crippen molar-refractivity contribution in [3.63, 3.8) is 0 Å². The van der Waals surface area contributed by atoms with Crippen LogP contribution in [0.25, 0.3) is 43.5 Å². The number of benzene rings is 3. The van der Waals surface area contributed by atoms with Crippen LogP contribution in [0.15, 0.2) is 131 Å². The number of nitrogens with zero attached hydrogens (tertiary/aromatic N) is 3. The number of rotatable bonds is 7. The van der Waals surface area contributed by atoms with Gasteiger partial charge in [-0.15, -0.1) is 23.1 Å². The van der Waals surface area contributed by atoms with Crippen LogP contribution in [0.3, 0.4) is 0 Å². The number of aliphatic carboxylic acids is 1. The zero-order chi connectivity index (χ0) is 30.8. The second kappa shape index (κ2) is 12.4. The molecule has 0 radical (unpaired) electrons. The number of nitriles is 1. The minimum Gasteiger partial charge on any atom is -0.477 e. The minimum atomic E-state index is -1.19. The molecule has 1 N–H and O–H groups in total. The molecule has 7 heteroatoms. The van der Waals surface area contributed by atoms with Crippen LogP contribution in [0.4, 0.5) is 0 Å². The Morgan fingerprint density at radius 3 is 2.20 bits per heavy atom. The van der Waals surface area contributed by atoms with Crippen LogP contribution in [0, 0.1) is 11.3 Å². The van der Waals surface area contributed by atoms with E-state index in [0.717, 1.165) is 56.1 Å². The maximum absolute atomic E-state index is 11.4. The molecule has 0 fully saturated rings. The van der Waals surface area contributed by atoms with E-state index in [2.05, 4.69) is 77.4 Å². The molecular formula is C37H29N3O2S2. The van der Waals surface area contributed by atoms with Crippen molar-refractivity contribution < 1.29 is 9.90 Å². The van der Waals surface area contributed by atoms with Gasteiger partial charge in [-0.2, -0.15) is 5.26 Å². The molecule has 0 saturated heterocycles. The lowest BCUT2D eigenvalue weighted by Gasteiger charge is -2.17. The largest absolute Gasteiger partial charge is 0.477 e. The molecule has 1 aliphatic rings. The molecule has 0 aliphatic carbocycles. The van der Waals surface area contributed by atoms with E-state index in [1.54, 1.807) is 30.0 Å². The number of allylic oxidation sites excluding steroid dienone is 5. The first-order valence-electron chi connectivity index (χ1n) is 14.2. The number of para-hydroxylation sites is 3. The zero-order valence-corrected chi connectivity index (χ0v) is 26.2. The van der Waals surface area contributed by atoms with E-state index in [1.165, 1.54) is 14.7 Å². The summed E-state index contributed by atoms with van der Waals surface area (Å²) in [4.78, 5) is 20.0. The third-order valence-corrected chi connectivity index (χ3v) is 10.4. The molecular weight excluding hydrogens is 583 g/mol. The number of aromatic nitrogens is 2. The van der Waals surface area contributed by atoms with Gasteiger partial charge in [-0.25, -0.2) is 9.78 Å². The van der Waals surface area contributed by atoms with Crippen molar-refractivity contribution in [2.45, 2.75) is 20.8 Å². The van der Waals surface area contributed by atoms with Crippen LogP contribution < -0.4 is 0 Å². The molecule has 216 valence electrons. The van der Waals surface area contributed by atoms with Crippen molar-refractivity contribution in [2.75, 3.05) is 5.75 Å². The third-order valence-electron chi connectivity index (χ3n) is 7.98. The van der Waals surface area contributed by atoms with Gasteiger partial charge >= 0.3 is 5.97 Å². The molecule has 1 aliphatic heterocycles. The molecule has 3 aromatic carbocycles. The Balaban J connectivity index is 1.26. The standard InChI is InChI=1S/C37H29N3O2S2/c1-23(25(3)30(21-38)37(41)42)24(2)28-17-18-34(43-22-28)35-20-19-33(44-35)26-13-15-27(16-14-26)36-39-31-11-7-8-12-32(31)40(36)29-9-5-4-6-10-29/h4-20H,22H2,1-3H3,(H,41,42)/b24-23+,30-25-. The van der Waals surface area contributed by atoms with E-state index in [9.17, 15) is 15.2 Å². The van der Waals surface area contributed by atoms with E-state index in [1.807, 2.05) is 50.2 Å². The molecule has 5 aromatic rings. The van der Waals surface area contributed by atoms with Crippen molar-refractivity contribution in [3.05, 3.63) is 136 Å². The van der Waals surface area contributed by atoms with Crippen LogP contribution >= 0.6 is 23.1 Å². The highest BCUT2D eigenvalue weighted by Gasteiger charge is 2.18. The smallest absolute Gasteiger partial charge is 0.346 e. The molecule has 0 atom stereocenters. The van der Waals surface area contributed by atoms with Gasteiger partial charge in [-0.1, -0.05) is 60.7 Å². The fourth-order valence-electron chi connectivity index (χ4n) is 5.28. The molecule has 3 heterocycles. The number of hydrogen-bond donors (Lipinski definition) is 1. The first-order valence-corrected chi connectivity index (χ1v) is 16.0. The van der Waals surface area contributed by atoms with E-state index in [0.29, 0.717) is 5.57 Å². The average molecular weight is 612 g/mol. The zero-order valence-electron chi connectivity index (χ0n) is 24.5. The highest BCUT2D eigenvalue weighted by molar-refractivity contribution is 8.08. The van der Waals surface area contributed by atoms with E-state index in [-0.39, 0.29) is 5.57 Å². The van der Waals surface area contributed by atoms with Crippen molar-refractivity contribution in [2.24, 2.45) is 0 Å². The molecule has 0 saturated carbocycles. The Kier molecular flexibility index (Phi) is 8.21. The van der Waals surface area contributed by atoms with E-state index < -0.39 is 5.97 Å². The highest BCUT2D eigenvalue weighted by atomic mass is 32.2. The van der Waals surface area contributed by atoms with Gasteiger partial charge in [0.15, 0.2) is 0 Å². The number of carbonyl (C=O) groups is 1. The lowest BCUT2D eigenvalue weighted by molar-refractivity contribution is -0.132. The molecule has 0 spiro atoms. The number of thioether (sulfide) groups is 1. The molecule has 5 nitrogen and oxygen atoms in total. The Morgan fingerprint density at radius 2 is 1.52 bits per heavy atom. The highest BCUT2D eigenvalue weighted by Crippen LogP contribution is 2.41. The Hall–Kier alpha value is -4.90. The Labute approximate surface area is 264 Å². The summed E-state index contributed by atoms with van der Waals surface area (Å²) in [6, 6.07) is 33.4. The fourth-order valence-corrected chi connectivity index (χ4v) is 7.52. The predicted molar refractivity (Wildman–Crippen MR) is 183 cm³/mol. The fraction of sp³-hybridized carbons (Fsp3) is 0.108. The predicted octanol–water partition coefficient (Wildman–Crippen LogP) is 9.70. The van der Waals surface area contributed by atoms with Crippen LogP contribution in [-0.4, -0.2) is 26.4 Å². The number of carboxylic acid groups (broad SMARTS) is 1. The van der Waals surface area contributed by atoms with Gasteiger partial charge in [0, 0.05) is 31.7 Å². The maximum atomic E-state index is 11.4. The summed E-state index contributed by atoms with van der Waals surface area (Å²) in [6.07, 6.45) is 4.24. The summed E-state index contributed by atoms with van der Waals surface area (Å²) in [6.45, 7) is 5.56. The number of imidazole rings is 1. The second-order valence-corrected chi connectivity index (χ2v) is 12.6. The van der Waals surface area contributed by atoms with Gasteiger partial charge in [-0.3, -0.25) is 4.57 Å². The summed E-state index contributed by atoms with van der Waals surface area (Å²) >= 11 is 3.54. The van der Waals surface area contributed by atoms with Gasteiger partial charge < -0.3 is 5.11 Å². The normalized spacial score (nSPS) is 14.3. The van der Waals surface area contributed by atoms with Gasteiger partial charge in [0.05, 0.1) is 11.0 Å². The monoisotopic (exact) mass is 611 g/mol. The topological polar surface area (TPSA) is 78.9 Å². The summed E-state index contributed by atoms with van der Waals surface area (Å²) < 4.78 is 2.22. The first kappa shape index (κ1) is 29.2. The Bertz CT molecular complexity index is 2070. The molecule has 6 rings (SSSR count). The molecule has 0 unspecified atom stereocenters. The number of hydrogen-bond acceptors (Lipinski definition) is 5. The van der Waals surface area contributed by atoms with Crippen molar-refractivity contribution >= 4 is 45.0 Å². The van der Waals surface area contributed by atoms with Crippen LogP contribution in [0.1, 0.15) is 25.6 Å². The van der Waals surface area contributed by atoms with Gasteiger partial charge in [0.1, 0.15) is 17.5 Å². The van der Waals surface area contributed by atoms with Crippen molar-refractivity contribution in [1.29, 1.82) is 5.26 Å². The minimum absolute atomic E-state index is 0.212. The lowest BCUT2D eigenvalue weighted by atomic mass is 9.95. The second-order valence-electron chi connectivity index (χ2n) is 10.5. The van der Waals surface area contributed by atoms with Gasteiger partial charge in [-0.05, 0) is 91.1 Å². The summed E-state index contributed by atoms with van der Waals surface area (Å²) in [5, 5.41) is 18.6. The number of carboxylic acids is 1. The lowest BCUT2D eigenvalue weighted by Crippen LogP contribution is -2.04. The van der Waals surface area contributed by atoms with Crippen LogP contribution in [0.2, 0.25) is 0 Å². The van der Waals surface area contributed by atoms with Crippen LogP contribution in [-0.2, 0) is 4.79 Å². The summed E-state index contributed by atoms with van der Waals surface area (Å²) in [5.41, 5.74) is 8.60.